The van der Waals surface area contributed by atoms with Crippen molar-refractivity contribution in [2.45, 2.75) is 81.2 Å². The van der Waals surface area contributed by atoms with Gasteiger partial charge in [-0.2, -0.15) is 0 Å². The predicted octanol–water partition coefficient (Wildman–Crippen LogP) is -2.93. The summed E-state index contributed by atoms with van der Waals surface area (Å²) in [7, 11) is 0. The van der Waals surface area contributed by atoms with Crippen LogP contribution in [0.25, 0.3) is 0 Å². The Morgan fingerprint density at radius 2 is 1.66 bits per heavy atom. The Hall–Kier alpha value is -3.15. The van der Waals surface area contributed by atoms with Gasteiger partial charge in [-0.3, -0.25) is 0 Å². The minimum atomic E-state index is -2.09. The molecule has 0 spiro atoms. The average Bonchev–Trinajstić information content (AvgIpc) is 3.24. The van der Waals surface area contributed by atoms with Crippen LogP contribution in [-0.4, -0.2) is 126 Å². The number of aliphatic hydroxyl groups is 2. The van der Waals surface area contributed by atoms with Crippen LogP contribution < -0.4 is 32.3 Å². The molecule has 1 heterocycles. The van der Waals surface area contributed by atoms with Gasteiger partial charge in [-0.25, -0.2) is 0 Å². The number of carboxylic acid groups (broad SMARTS) is 2. The van der Waals surface area contributed by atoms with Gasteiger partial charge in [0.15, 0.2) is 0 Å². The first-order chi connectivity index (χ1) is 22.1. The Morgan fingerprint density at radius 1 is 1.04 bits per heavy atom. The molecule has 1 aliphatic heterocycles. The summed E-state index contributed by atoms with van der Waals surface area (Å²) in [6, 6.07) is -4.68. The van der Waals surface area contributed by atoms with Gasteiger partial charge in [0.2, 0.25) is 0 Å². The van der Waals surface area contributed by atoms with Crippen LogP contribution in [0, 0.1) is 0 Å². The molecule has 4 amide bonds. The van der Waals surface area contributed by atoms with Gasteiger partial charge in [0.05, 0.1) is 0 Å². The molecule has 264 valence electrons. The second kappa shape index (κ2) is 21.7. The fraction of sp³-hybridized carbons (Fsp3) is 0.607. The molecule has 19 heteroatoms. The van der Waals surface area contributed by atoms with Gasteiger partial charge >= 0.3 is 258 Å². The van der Waals surface area contributed by atoms with Crippen molar-refractivity contribution in [3.05, 3.63) is 25.1 Å². The molecule has 5 atom stereocenters. The van der Waals surface area contributed by atoms with Crippen LogP contribution in [0.15, 0.2) is 25.1 Å². The van der Waals surface area contributed by atoms with Crippen molar-refractivity contribution >= 4 is 51.4 Å². The van der Waals surface area contributed by atoms with Crippen LogP contribution in [0.4, 0.5) is 0 Å². The molecule has 0 aliphatic carbocycles. The number of amides is 4. The number of likely N-dealkylation sites (tertiary alicyclic amines) is 1. The second-order valence-corrected chi connectivity index (χ2v) is 13.0. The number of carbonyl (C=O) groups is 6. The number of nitrogens with zero attached hydrogens (tertiary/aromatic N) is 1. The van der Waals surface area contributed by atoms with E-state index in [-0.39, 0.29) is 24.6 Å². The van der Waals surface area contributed by atoms with Gasteiger partial charge < -0.3 is 5.32 Å². The maximum absolute atomic E-state index is 13.3. The number of nitrogens with two attached hydrogens (primary N) is 1. The van der Waals surface area contributed by atoms with Gasteiger partial charge in [-0.15, -0.1) is 0 Å². The molecule has 1 rings (SSSR count). The van der Waals surface area contributed by atoms with Crippen molar-refractivity contribution in [3.8, 4) is 0 Å². The Labute approximate surface area is 287 Å². The molecular formula is C28H45MoN7O10S. The van der Waals surface area contributed by atoms with E-state index in [1.165, 1.54) is 25.6 Å². The number of unbranched alkanes of at least 4 members (excludes halogenated alkanes) is 1. The fourth-order valence-electron chi connectivity index (χ4n) is 4.34. The standard InChI is InChI=1S/C28H45N7O10S.Mo/c1-4-30-18(11-23(37)38)25(41)33-17(7-5-6-8-29)14-32-19(12-24(39)40)26(42)34-20(28(44)45)15-46-21-13-22(36)35(27(21)43)10-9-31-16(2)3;/h4,17-21,28,30-32,44-45H,1-2,5-13,15,29H2,3H3,(H,33,41)(H,34,42)(H,37,38)(H,39,40);. The van der Waals surface area contributed by atoms with Gasteiger partial charge in [-0.1, -0.05) is 6.58 Å². The summed E-state index contributed by atoms with van der Waals surface area (Å²) in [4.78, 5) is 75.4. The van der Waals surface area contributed by atoms with Gasteiger partial charge in [-0.05, 0) is 6.92 Å². The topological polar surface area (TPSA) is 273 Å². The molecule has 1 fully saturated rings. The predicted molar refractivity (Wildman–Crippen MR) is 169 cm³/mol. The monoisotopic (exact) mass is 769 g/mol. The summed E-state index contributed by atoms with van der Waals surface area (Å²) in [5, 5.41) is 51.3. The van der Waals surface area contributed by atoms with Gasteiger partial charge in [0.1, 0.15) is 0 Å². The van der Waals surface area contributed by atoms with E-state index in [4.69, 9.17) is 5.73 Å². The summed E-state index contributed by atoms with van der Waals surface area (Å²) in [6.45, 7) is 9.70. The van der Waals surface area contributed by atoms with E-state index in [0.717, 1.165) is 16.7 Å². The Bertz CT molecular complexity index is 1170. The third-order valence-electron chi connectivity index (χ3n) is 6.74. The first kappa shape index (κ1) is 41.9. The molecular weight excluding hydrogens is 722 g/mol. The number of hydrogen-bond donors (Lipinski definition) is 10. The number of aliphatic hydroxyl groups excluding tert-OH is 1. The number of aliphatic carboxylic acids is 2. The molecule has 0 aromatic rings. The zero-order valence-corrected chi connectivity index (χ0v) is 28.9. The van der Waals surface area contributed by atoms with E-state index < -0.39 is 78.2 Å². The van der Waals surface area contributed by atoms with Crippen molar-refractivity contribution in [3.63, 3.8) is 0 Å². The summed E-state index contributed by atoms with van der Waals surface area (Å²) in [5.41, 5.74) is 6.27. The number of carbonyl (C=O) groups excluding carboxylic acids is 4. The molecule has 0 bridgehead atoms. The molecule has 5 unspecified atom stereocenters. The van der Waals surface area contributed by atoms with Crippen molar-refractivity contribution < 1.29 is 68.5 Å². The fourth-order valence-corrected chi connectivity index (χ4v) is 6.35. The number of rotatable bonds is 25. The molecule has 0 aromatic carbocycles. The summed E-state index contributed by atoms with van der Waals surface area (Å²) in [5.74, 6) is -5.18. The third-order valence-corrected chi connectivity index (χ3v) is 9.05. The number of thioether (sulfide) groups is 1. The van der Waals surface area contributed by atoms with E-state index in [0.29, 0.717) is 42.1 Å². The number of carboxylic acids is 2. The van der Waals surface area contributed by atoms with Crippen LogP contribution in [-0.2, 0) is 48.1 Å². The zero-order valence-electron chi connectivity index (χ0n) is 26.1. The molecule has 0 aromatic heterocycles. The molecule has 0 saturated carbocycles. The quantitative estimate of drug-likeness (QED) is 0.0193. The summed E-state index contributed by atoms with van der Waals surface area (Å²) >= 11 is 2.38. The third kappa shape index (κ3) is 15.5. The number of nitrogens with one attached hydrogen (secondary N) is 5. The van der Waals surface area contributed by atoms with Crippen molar-refractivity contribution in [2.24, 2.45) is 5.73 Å². The van der Waals surface area contributed by atoms with Crippen molar-refractivity contribution in [1.82, 2.24) is 31.5 Å². The first-order valence-corrected chi connectivity index (χ1v) is 16.8. The van der Waals surface area contributed by atoms with E-state index >= 15 is 0 Å². The molecule has 1 saturated heterocycles. The molecule has 0 radical (unpaired) electrons. The summed E-state index contributed by atoms with van der Waals surface area (Å²) in [6.07, 6.45) is -0.825. The van der Waals surface area contributed by atoms with E-state index in [9.17, 15) is 49.2 Å². The van der Waals surface area contributed by atoms with E-state index in [2.05, 4.69) is 39.7 Å². The molecule has 47 heavy (non-hydrogen) atoms. The number of allylic oxidation sites excluding steroid dienone is 1. The first-order valence-electron chi connectivity index (χ1n) is 14.7. The molecule has 11 N–H and O–H groups in total. The molecule has 1 aliphatic rings. The SMILES string of the molecule is C=CNC(CC(=O)O)C(=O)NC(CCCCN)[C](=[Mo])NC(CC(=O)O)C(=O)NC(CSC1CC(=O)N(CCNC(=C)C)C1=O)C(O)O. The van der Waals surface area contributed by atoms with Crippen LogP contribution in [0.3, 0.4) is 0 Å². The zero-order chi connectivity index (χ0) is 35.7. The van der Waals surface area contributed by atoms with Crippen LogP contribution in [0.1, 0.15) is 45.4 Å². The van der Waals surface area contributed by atoms with Gasteiger partial charge in [0.25, 0.3) is 0 Å². The minimum absolute atomic E-state index is 0.108. The van der Waals surface area contributed by atoms with E-state index in [1.807, 2.05) is 0 Å². The van der Waals surface area contributed by atoms with Crippen molar-refractivity contribution in [1.29, 1.82) is 0 Å². The Balaban J connectivity index is 3.01. The summed E-state index contributed by atoms with van der Waals surface area (Å²) < 4.78 is 0.298. The number of imide groups is 1. The van der Waals surface area contributed by atoms with E-state index in [1.54, 1.807) is 6.92 Å². The van der Waals surface area contributed by atoms with Crippen LogP contribution in [0.2, 0.25) is 0 Å². The van der Waals surface area contributed by atoms with Crippen LogP contribution in [0.5, 0.6) is 0 Å². The van der Waals surface area contributed by atoms with Gasteiger partial charge in [0, 0.05) is 12.2 Å². The van der Waals surface area contributed by atoms with Crippen molar-refractivity contribution in [2.75, 3.05) is 25.4 Å². The Kier molecular flexibility index (Phi) is 19.3. The maximum atomic E-state index is 13.3. The average molecular weight is 768 g/mol. The Morgan fingerprint density at radius 3 is 2.21 bits per heavy atom. The van der Waals surface area contributed by atoms with Crippen LogP contribution >= 0.6 is 11.8 Å². The normalized spacial score (nSPS) is 17.0. The number of hydrogen-bond acceptors (Lipinski definition) is 13. The molecule has 17 nitrogen and oxygen atoms in total. The second-order valence-electron chi connectivity index (χ2n) is 10.7.